The van der Waals surface area contributed by atoms with E-state index >= 15 is 0 Å². The van der Waals surface area contributed by atoms with Crippen LogP contribution in [0.2, 0.25) is 10.0 Å². The smallest absolute Gasteiger partial charge is 0.143 e. The Kier molecular flexibility index (Phi) is 3.42. The van der Waals surface area contributed by atoms with Crippen LogP contribution in [0, 0.1) is 0 Å². The largest absolute Gasteiger partial charge is 0.327 e. The highest BCUT2D eigenvalue weighted by atomic mass is 35.5. The number of rotatable bonds is 2. The zero-order valence-electron chi connectivity index (χ0n) is 10.9. The fourth-order valence-electron chi connectivity index (χ4n) is 2.30. The van der Waals surface area contributed by atoms with Gasteiger partial charge in [0.2, 0.25) is 0 Å². The zero-order chi connectivity index (χ0) is 14.3. The second-order valence-corrected chi connectivity index (χ2v) is 5.43. The molecule has 20 heavy (non-hydrogen) atoms. The molecule has 0 aliphatic carbocycles. The Morgan fingerprint density at radius 3 is 2.50 bits per heavy atom. The first kappa shape index (κ1) is 13.4. The summed E-state index contributed by atoms with van der Waals surface area (Å²) in [6, 6.07) is 11.4. The first-order valence-corrected chi connectivity index (χ1v) is 6.97. The van der Waals surface area contributed by atoms with Gasteiger partial charge in [0.25, 0.3) is 0 Å². The average molecular weight is 306 g/mol. The second-order valence-electron chi connectivity index (χ2n) is 4.62. The van der Waals surface area contributed by atoms with Gasteiger partial charge in [0, 0.05) is 13.6 Å². The lowest BCUT2D eigenvalue weighted by atomic mass is 10.2. The van der Waals surface area contributed by atoms with Gasteiger partial charge >= 0.3 is 0 Å². The number of hydrogen-bond donors (Lipinski definition) is 1. The maximum atomic E-state index is 6.26. The van der Waals surface area contributed by atoms with Crippen molar-refractivity contribution in [3.05, 3.63) is 52.0 Å². The number of halogens is 2. The third-order valence-electron chi connectivity index (χ3n) is 3.37. The summed E-state index contributed by atoms with van der Waals surface area (Å²) in [5.74, 6) is 0.754. The number of fused-ring (bicyclic) bond motifs is 1. The van der Waals surface area contributed by atoms with Gasteiger partial charge in [-0.15, -0.1) is 0 Å². The molecule has 0 atom stereocenters. The van der Waals surface area contributed by atoms with Crippen LogP contribution in [0.3, 0.4) is 0 Å². The Labute approximate surface area is 126 Å². The molecule has 5 heteroatoms. The SMILES string of the molecule is Cn1c(-c2c(Cl)cccc2Cl)nc2ccc(CN)cc21. The maximum absolute atomic E-state index is 6.26. The molecule has 0 unspecified atom stereocenters. The van der Waals surface area contributed by atoms with Crippen molar-refractivity contribution in [3.8, 4) is 11.4 Å². The quantitative estimate of drug-likeness (QED) is 0.777. The number of imidazole rings is 1. The van der Waals surface area contributed by atoms with Crippen molar-refractivity contribution in [2.24, 2.45) is 12.8 Å². The molecule has 0 aliphatic rings. The third kappa shape index (κ3) is 2.08. The Balaban J connectivity index is 2.30. The molecule has 0 bridgehead atoms. The van der Waals surface area contributed by atoms with E-state index in [9.17, 15) is 0 Å². The number of aromatic nitrogens is 2. The van der Waals surface area contributed by atoms with Crippen LogP contribution in [0.1, 0.15) is 5.56 Å². The molecule has 0 radical (unpaired) electrons. The fourth-order valence-corrected chi connectivity index (χ4v) is 2.86. The molecule has 0 saturated carbocycles. The highest BCUT2D eigenvalue weighted by Gasteiger charge is 2.15. The molecule has 0 fully saturated rings. The Bertz CT molecular complexity index is 773. The van der Waals surface area contributed by atoms with Crippen LogP contribution >= 0.6 is 23.2 Å². The molecular formula is C15H13Cl2N3. The van der Waals surface area contributed by atoms with Crippen molar-refractivity contribution in [2.75, 3.05) is 0 Å². The summed E-state index contributed by atoms with van der Waals surface area (Å²) in [6.45, 7) is 0.503. The first-order valence-electron chi connectivity index (χ1n) is 6.21. The Morgan fingerprint density at radius 1 is 1.15 bits per heavy atom. The molecule has 0 spiro atoms. The van der Waals surface area contributed by atoms with E-state index in [1.807, 2.05) is 48.0 Å². The molecule has 1 heterocycles. The maximum Gasteiger partial charge on any atom is 0.143 e. The normalized spacial score (nSPS) is 11.2. The zero-order valence-corrected chi connectivity index (χ0v) is 12.4. The molecule has 102 valence electrons. The molecule has 0 saturated heterocycles. The second kappa shape index (κ2) is 5.09. The van der Waals surface area contributed by atoms with Gasteiger partial charge in [0.05, 0.1) is 26.6 Å². The van der Waals surface area contributed by atoms with Crippen LogP contribution in [0.15, 0.2) is 36.4 Å². The molecule has 3 aromatic rings. The number of nitrogens with zero attached hydrogens (tertiary/aromatic N) is 2. The minimum atomic E-state index is 0.503. The monoisotopic (exact) mass is 305 g/mol. The highest BCUT2D eigenvalue weighted by Crippen LogP contribution is 2.35. The molecule has 2 aromatic carbocycles. The van der Waals surface area contributed by atoms with Crippen LogP contribution in [0.5, 0.6) is 0 Å². The topological polar surface area (TPSA) is 43.8 Å². The van der Waals surface area contributed by atoms with Crippen molar-refractivity contribution >= 4 is 34.2 Å². The molecule has 2 N–H and O–H groups in total. The van der Waals surface area contributed by atoms with Gasteiger partial charge in [-0.3, -0.25) is 0 Å². The van der Waals surface area contributed by atoms with E-state index in [4.69, 9.17) is 28.9 Å². The van der Waals surface area contributed by atoms with Crippen molar-refractivity contribution in [3.63, 3.8) is 0 Å². The number of benzene rings is 2. The van der Waals surface area contributed by atoms with Gasteiger partial charge in [-0.25, -0.2) is 4.98 Å². The van der Waals surface area contributed by atoms with E-state index in [1.54, 1.807) is 0 Å². The van der Waals surface area contributed by atoms with Crippen LogP contribution in [-0.4, -0.2) is 9.55 Å². The molecule has 3 nitrogen and oxygen atoms in total. The molecule has 0 aliphatic heterocycles. The van der Waals surface area contributed by atoms with Gasteiger partial charge < -0.3 is 10.3 Å². The van der Waals surface area contributed by atoms with Crippen LogP contribution in [0.4, 0.5) is 0 Å². The van der Waals surface area contributed by atoms with Crippen molar-refractivity contribution in [2.45, 2.75) is 6.54 Å². The van der Waals surface area contributed by atoms with Crippen molar-refractivity contribution in [1.29, 1.82) is 0 Å². The predicted molar refractivity (Wildman–Crippen MR) is 84.1 cm³/mol. The molecular weight excluding hydrogens is 293 g/mol. The van der Waals surface area contributed by atoms with Crippen LogP contribution < -0.4 is 5.73 Å². The van der Waals surface area contributed by atoms with Gasteiger partial charge in [0.1, 0.15) is 5.82 Å². The lowest BCUT2D eigenvalue weighted by Crippen LogP contribution is -1.97. The van der Waals surface area contributed by atoms with Gasteiger partial charge in [0.15, 0.2) is 0 Å². The van der Waals surface area contributed by atoms with Gasteiger partial charge in [-0.05, 0) is 29.8 Å². The minimum absolute atomic E-state index is 0.503. The number of hydrogen-bond acceptors (Lipinski definition) is 2. The third-order valence-corrected chi connectivity index (χ3v) is 4.00. The summed E-state index contributed by atoms with van der Waals surface area (Å²) < 4.78 is 1.99. The fraction of sp³-hybridized carbons (Fsp3) is 0.133. The highest BCUT2D eigenvalue weighted by molar-refractivity contribution is 6.39. The van der Waals surface area contributed by atoms with E-state index < -0.39 is 0 Å². The van der Waals surface area contributed by atoms with E-state index in [2.05, 4.69) is 4.98 Å². The average Bonchev–Trinajstić information content (AvgIpc) is 2.76. The van der Waals surface area contributed by atoms with Gasteiger partial charge in [-0.2, -0.15) is 0 Å². The minimum Gasteiger partial charge on any atom is -0.327 e. The Hall–Kier alpha value is -1.55. The summed E-state index contributed by atoms with van der Waals surface area (Å²) in [5.41, 5.74) is 9.42. The summed E-state index contributed by atoms with van der Waals surface area (Å²) in [6.07, 6.45) is 0. The summed E-state index contributed by atoms with van der Waals surface area (Å²) in [5, 5.41) is 1.19. The molecule has 0 amide bonds. The molecule has 1 aromatic heterocycles. The van der Waals surface area contributed by atoms with Crippen LogP contribution in [0.25, 0.3) is 22.4 Å². The predicted octanol–water partition coefficient (Wildman–Crippen LogP) is 4.01. The summed E-state index contributed by atoms with van der Waals surface area (Å²) in [7, 11) is 1.95. The standard InChI is InChI=1S/C15H13Cl2N3/c1-20-13-7-9(8-18)5-6-12(13)19-15(20)14-10(16)3-2-4-11(14)17/h2-7H,8,18H2,1H3. The Morgan fingerprint density at radius 2 is 1.85 bits per heavy atom. The van der Waals surface area contributed by atoms with E-state index in [-0.39, 0.29) is 0 Å². The first-order chi connectivity index (χ1) is 9.61. The number of aryl methyl sites for hydroxylation is 1. The van der Waals surface area contributed by atoms with E-state index in [1.165, 1.54) is 0 Å². The summed E-state index contributed by atoms with van der Waals surface area (Å²) in [4.78, 5) is 4.63. The van der Waals surface area contributed by atoms with Gasteiger partial charge in [-0.1, -0.05) is 35.3 Å². The lowest BCUT2D eigenvalue weighted by molar-refractivity contribution is 0.956. The van der Waals surface area contributed by atoms with Crippen molar-refractivity contribution in [1.82, 2.24) is 9.55 Å². The summed E-state index contributed by atoms with van der Waals surface area (Å²) >= 11 is 12.5. The number of nitrogens with two attached hydrogens (primary N) is 1. The van der Waals surface area contributed by atoms with Crippen LogP contribution in [-0.2, 0) is 13.6 Å². The van der Waals surface area contributed by atoms with E-state index in [0.717, 1.165) is 28.0 Å². The van der Waals surface area contributed by atoms with E-state index in [0.29, 0.717) is 16.6 Å². The molecule has 3 rings (SSSR count). The van der Waals surface area contributed by atoms with Crippen molar-refractivity contribution < 1.29 is 0 Å². The lowest BCUT2D eigenvalue weighted by Gasteiger charge is -2.07.